The molecule has 0 spiro atoms. The molecule has 0 radical (unpaired) electrons. The first kappa shape index (κ1) is 20.3. The summed E-state index contributed by atoms with van der Waals surface area (Å²) in [6, 6.07) is 5.58. The van der Waals surface area contributed by atoms with Gasteiger partial charge in [0.2, 0.25) is 5.91 Å². The monoisotopic (exact) mass is 354 g/mol. The summed E-state index contributed by atoms with van der Waals surface area (Å²) in [5.41, 5.74) is 1.59. The minimum atomic E-state index is -0.0927. The molecule has 1 atom stereocenters. The molecule has 0 aromatic heterocycles. The van der Waals surface area contributed by atoms with Crippen molar-refractivity contribution in [2.45, 2.75) is 33.2 Å². The van der Waals surface area contributed by atoms with Gasteiger partial charge in [0.1, 0.15) is 0 Å². The van der Waals surface area contributed by atoms with Crippen molar-refractivity contribution < 1.29 is 9.53 Å². The second-order valence-corrected chi connectivity index (χ2v) is 5.88. The van der Waals surface area contributed by atoms with Crippen LogP contribution < -0.4 is 16.0 Å². The lowest BCUT2D eigenvalue weighted by Gasteiger charge is -2.17. The molecule has 7 heteroatoms. The van der Waals surface area contributed by atoms with E-state index < -0.39 is 0 Å². The summed E-state index contributed by atoms with van der Waals surface area (Å²) < 4.78 is 5.09. The van der Waals surface area contributed by atoms with E-state index in [1.807, 2.05) is 32.9 Å². The average molecular weight is 355 g/mol. The maximum atomic E-state index is 12.1. The Kier molecular flexibility index (Phi) is 9.19. The van der Waals surface area contributed by atoms with Gasteiger partial charge in [0.05, 0.1) is 13.2 Å². The fourth-order valence-electron chi connectivity index (χ4n) is 2.07. The van der Waals surface area contributed by atoms with E-state index >= 15 is 0 Å². The number of anilines is 1. The number of benzene rings is 1. The zero-order valence-corrected chi connectivity index (χ0v) is 15.5. The topological polar surface area (TPSA) is 74.8 Å². The minimum absolute atomic E-state index is 0.0927. The number of nitrogens with one attached hydrogen (secondary N) is 3. The third kappa shape index (κ3) is 7.19. The number of carbonyl (C=O) groups excluding carboxylic acids is 1. The number of methoxy groups -OCH3 is 1. The Bertz CT molecular complexity index is 564. The van der Waals surface area contributed by atoms with E-state index in [0.717, 1.165) is 17.8 Å². The first-order valence-corrected chi connectivity index (χ1v) is 8.44. The highest BCUT2D eigenvalue weighted by atomic mass is 35.5. The Morgan fingerprint density at radius 1 is 1.42 bits per heavy atom. The van der Waals surface area contributed by atoms with Gasteiger partial charge in [-0.05, 0) is 38.5 Å². The Hall–Kier alpha value is -1.79. The lowest BCUT2D eigenvalue weighted by atomic mass is 10.2. The van der Waals surface area contributed by atoms with E-state index in [2.05, 4.69) is 20.9 Å². The lowest BCUT2D eigenvalue weighted by Crippen LogP contribution is -2.44. The van der Waals surface area contributed by atoms with Gasteiger partial charge in [0.15, 0.2) is 5.96 Å². The van der Waals surface area contributed by atoms with Crippen LogP contribution in [0.3, 0.4) is 0 Å². The molecule has 0 saturated carbocycles. The van der Waals surface area contributed by atoms with Crippen molar-refractivity contribution in [1.29, 1.82) is 0 Å². The molecule has 24 heavy (non-hydrogen) atoms. The minimum Gasteiger partial charge on any atom is -0.383 e. The van der Waals surface area contributed by atoms with E-state index in [0.29, 0.717) is 30.6 Å². The number of guanidine groups is 1. The van der Waals surface area contributed by atoms with Crippen molar-refractivity contribution >= 4 is 29.2 Å². The summed E-state index contributed by atoms with van der Waals surface area (Å²) in [6.45, 7) is 7.59. The van der Waals surface area contributed by atoms with Crippen molar-refractivity contribution in [2.75, 3.05) is 32.1 Å². The highest BCUT2D eigenvalue weighted by Gasteiger charge is 2.08. The van der Waals surface area contributed by atoms with Crippen LogP contribution in [0.1, 0.15) is 25.8 Å². The average Bonchev–Trinajstić information content (AvgIpc) is 2.52. The van der Waals surface area contributed by atoms with Crippen molar-refractivity contribution in [3.8, 4) is 0 Å². The van der Waals surface area contributed by atoms with E-state index in [1.54, 1.807) is 13.2 Å². The first-order valence-electron chi connectivity index (χ1n) is 8.06. The summed E-state index contributed by atoms with van der Waals surface area (Å²) in [6.07, 6.45) is 0.293. The number of hydrogen-bond acceptors (Lipinski definition) is 3. The molecule has 1 rings (SSSR count). The van der Waals surface area contributed by atoms with Crippen LogP contribution in [-0.2, 0) is 9.53 Å². The summed E-state index contributed by atoms with van der Waals surface area (Å²) in [5.74, 6) is 0.582. The van der Waals surface area contributed by atoms with Gasteiger partial charge in [-0.15, -0.1) is 0 Å². The summed E-state index contributed by atoms with van der Waals surface area (Å²) in [4.78, 5) is 16.5. The summed E-state index contributed by atoms with van der Waals surface area (Å²) in [5, 5.41) is 9.87. The van der Waals surface area contributed by atoms with Crippen LogP contribution in [0.5, 0.6) is 0 Å². The fourth-order valence-corrected chi connectivity index (χ4v) is 2.24. The van der Waals surface area contributed by atoms with Gasteiger partial charge in [-0.3, -0.25) is 9.79 Å². The molecule has 1 amide bonds. The van der Waals surface area contributed by atoms with Crippen molar-refractivity contribution in [1.82, 2.24) is 10.6 Å². The molecule has 1 unspecified atom stereocenters. The Balaban J connectivity index is 2.52. The number of hydrogen-bond donors (Lipinski definition) is 3. The molecule has 0 aliphatic heterocycles. The number of amides is 1. The summed E-state index contributed by atoms with van der Waals surface area (Å²) in [7, 11) is 1.66. The summed E-state index contributed by atoms with van der Waals surface area (Å²) >= 11 is 6.05. The smallest absolute Gasteiger partial charge is 0.226 e. The van der Waals surface area contributed by atoms with Crippen molar-refractivity contribution in [3.63, 3.8) is 0 Å². The SMILES string of the molecule is CCNC(=NCCC(=O)Nc1cccc(Cl)c1C)NC(C)COC. The van der Waals surface area contributed by atoms with Gasteiger partial charge in [-0.2, -0.15) is 0 Å². The standard InChI is InChI=1S/C17H27ClN4O2/c1-5-19-17(21-12(2)11-24-4)20-10-9-16(23)22-15-8-6-7-14(18)13(15)3/h6-8,12H,5,9-11H2,1-4H3,(H,22,23)(H2,19,20,21). The van der Waals surface area contributed by atoms with Crippen molar-refractivity contribution in [3.05, 3.63) is 28.8 Å². The molecular weight excluding hydrogens is 328 g/mol. The molecule has 1 aromatic carbocycles. The van der Waals surface area contributed by atoms with Crippen LogP contribution in [0.2, 0.25) is 5.02 Å². The van der Waals surface area contributed by atoms with Crippen molar-refractivity contribution in [2.24, 2.45) is 4.99 Å². The number of rotatable bonds is 8. The second kappa shape index (κ2) is 10.9. The Morgan fingerprint density at radius 3 is 2.83 bits per heavy atom. The number of halogens is 1. The molecule has 0 saturated heterocycles. The largest absolute Gasteiger partial charge is 0.383 e. The second-order valence-electron chi connectivity index (χ2n) is 5.47. The molecule has 134 valence electrons. The zero-order chi connectivity index (χ0) is 17.9. The molecular formula is C17H27ClN4O2. The van der Waals surface area contributed by atoms with Crippen LogP contribution >= 0.6 is 11.6 Å². The van der Waals surface area contributed by atoms with Crippen LogP contribution in [0, 0.1) is 6.92 Å². The number of ether oxygens (including phenoxy) is 1. The van der Waals surface area contributed by atoms with Crippen LogP contribution in [0.25, 0.3) is 0 Å². The maximum absolute atomic E-state index is 12.1. The van der Waals surface area contributed by atoms with E-state index in [-0.39, 0.29) is 11.9 Å². The third-order valence-electron chi connectivity index (χ3n) is 3.29. The van der Waals surface area contributed by atoms with Gasteiger partial charge >= 0.3 is 0 Å². The molecule has 0 aliphatic carbocycles. The van der Waals surface area contributed by atoms with Crippen LogP contribution in [-0.4, -0.2) is 44.7 Å². The van der Waals surface area contributed by atoms with Gasteiger partial charge in [0, 0.05) is 36.8 Å². The van der Waals surface area contributed by atoms with Gasteiger partial charge < -0.3 is 20.7 Å². The normalized spacial score (nSPS) is 12.6. The lowest BCUT2D eigenvalue weighted by molar-refractivity contribution is -0.116. The van der Waals surface area contributed by atoms with Crippen LogP contribution in [0.15, 0.2) is 23.2 Å². The fraction of sp³-hybridized carbons (Fsp3) is 0.529. The van der Waals surface area contributed by atoms with E-state index in [1.165, 1.54) is 0 Å². The Morgan fingerprint density at radius 2 is 2.17 bits per heavy atom. The molecule has 0 bridgehead atoms. The van der Waals surface area contributed by atoms with E-state index in [9.17, 15) is 4.79 Å². The van der Waals surface area contributed by atoms with Gasteiger partial charge in [-0.25, -0.2) is 0 Å². The molecule has 1 aromatic rings. The first-order chi connectivity index (χ1) is 11.5. The predicted molar refractivity (Wildman–Crippen MR) is 99.9 cm³/mol. The predicted octanol–water partition coefficient (Wildman–Crippen LogP) is 2.57. The van der Waals surface area contributed by atoms with Gasteiger partial charge in [0.25, 0.3) is 0 Å². The Labute approximate surface area is 149 Å². The molecule has 3 N–H and O–H groups in total. The molecule has 0 aliphatic rings. The quantitative estimate of drug-likeness (QED) is 0.495. The number of aliphatic imine (C=N–C) groups is 1. The molecule has 0 fully saturated rings. The zero-order valence-electron chi connectivity index (χ0n) is 14.8. The third-order valence-corrected chi connectivity index (χ3v) is 3.70. The highest BCUT2D eigenvalue weighted by molar-refractivity contribution is 6.31. The van der Waals surface area contributed by atoms with Crippen LogP contribution in [0.4, 0.5) is 5.69 Å². The molecule has 6 nitrogen and oxygen atoms in total. The number of carbonyl (C=O) groups is 1. The maximum Gasteiger partial charge on any atom is 0.226 e. The van der Waals surface area contributed by atoms with E-state index in [4.69, 9.17) is 16.3 Å². The van der Waals surface area contributed by atoms with Gasteiger partial charge in [-0.1, -0.05) is 17.7 Å². The number of nitrogens with zero attached hydrogens (tertiary/aromatic N) is 1. The molecule has 0 heterocycles. The highest BCUT2D eigenvalue weighted by Crippen LogP contribution is 2.22.